The molecule has 140 valence electrons. The van der Waals surface area contributed by atoms with Gasteiger partial charge in [-0.1, -0.05) is 32.9 Å². The third-order valence-corrected chi connectivity index (χ3v) is 6.25. The predicted octanol–water partition coefficient (Wildman–Crippen LogP) is 5.14. The van der Waals surface area contributed by atoms with Crippen molar-refractivity contribution < 1.29 is 0 Å². The molecule has 0 amide bonds. The van der Waals surface area contributed by atoms with Crippen molar-refractivity contribution in [1.82, 2.24) is 15.2 Å². The van der Waals surface area contributed by atoms with Crippen LogP contribution in [0.4, 0.5) is 0 Å². The van der Waals surface area contributed by atoms with E-state index in [0.717, 1.165) is 17.5 Å². The minimum Gasteiger partial charge on any atom is -0.316 e. The molecule has 25 heavy (non-hydrogen) atoms. The second kappa shape index (κ2) is 10.2. The minimum atomic E-state index is 0.699. The Morgan fingerprint density at radius 2 is 1.88 bits per heavy atom. The van der Waals surface area contributed by atoms with E-state index in [1.807, 2.05) is 25.2 Å². The molecule has 0 bridgehead atoms. The van der Waals surface area contributed by atoms with Gasteiger partial charge in [0.05, 0.1) is 15.2 Å². The molecule has 0 radical (unpaired) electrons. The van der Waals surface area contributed by atoms with Gasteiger partial charge >= 0.3 is 0 Å². The van der Waals surface area contributed by atoms with Gasteiger partial charge in [0.2, 0.25) is 0 Å². The number of piperidine rings is 1. The Labute approximate surface area is 157 Å². The standard InChI is InChI=1S/C13H16N2S.C6H13N.C2H6/c1-15(2)10-7-9(8-10)13-14-11-5-3-4-6-12(11)16-13;1-6-3-2-4-7-5-6;1-2/h3-6,9-10H,7-8H2,1-2H3;6-7H,2-5H2,1H3;1-2H3. The summed E-state index contributed by atoms with van der Waals surface area (Å²) < 4.78 is 1.32. The Morgan fingerprint density at radius 1 is 1.16 bits per heavy atom. The number of rotatable bonds is 2. The molecule has 4 heteroatoms. The molecule has 3 nitrogen and oxygen atoms in total. The lowest BCUT2D eigenvalue weighted by Gasteiger charge is -2.38. The number of nitrogens with one attached hydrogen (secondary N) is 1. The lowest BCUT2D eigenvalue weighted by atomic mass is 9.80. The highest BCUT2D eigenvalue weighted by atomic mass is 32.1. The van der Waals surface area contributed by atoms with Crippen LogP contribution in [0, 0.1) is 5.92 Å². The Hall–Kier alpha value is -0.970. The van der Waals surface area contributed by atoms with Gasteiger partial charge in [-0.05, 0) is 70.9 Å². The molecule has 1 unspecified atom stereocenters. The fourth-order valence-corrected chi connectivity index (χ4v) is 4.40. The molecule has 1 aliphatic carbocycles. The highest BCUT2D eigenvalue weighted by Gasteiger charge is 2.33. The summed E-state index contributed by atoms with van der Waals surface area (Å²) >= 11 is 1.87. The van der Waals surface area contributed by atoms with Gasteiger partial charge < -0.3 is 10.2 Å². The molecule has 0 spiro atoms. The van der Waals surface area contributed by atoms with Crippen molar-refractivity contribution in [2.75, 3.05) is 27.2 Å². The van der Waals surface area contributed by atoms with Crippen LogP contribution >= 0.6 is 11.3 Å². The second-order valence-corrected chi connectivity index (χ2v) is 8.32. The predicted molar refractivity (Wildman–Crippen MR) is 112 cm³/mol. The number of benzene rings is 1. The van der Waals surface area contributed by atoms with Crippen LogP contribution in [0.5, 0.6) is 0 Å². The van der Waals surface area contributed by atoms with Crippen LogP contribution in [0.15, 0.2) is 24.3 Å². The maximum atomic E-state index is 4.73. The molecular formula is C21H35N3S. The molecule has 1 atom stereocenters. The Kier molecular flexibility index (Phi) is 8.34. The summed E-state index contributed by atoms with van der Waals surface area (Å²) in [6.07, 6.45) is 5.34. The van der Waals surface area contributed by atoms with Crippen LogP contribution in [0.3, 0.4) is 0 Å². The van der Waals surface area contributed by atoms with E-state index < -0.39 is 0 Å². The molecule has 2 fully saturated rings. The number of aromatic nitrogens is 1. The summed E-state index contributed by atoms with van der Waals surface area (Å²) in [5, 5.41) is 4.67. The molecule has 1 aliphatic heterocycles. The van der Waals surface area contributed by atoms with E-state index in [2.05, 4.69) is 55.5 Å². The van der Waals surface area contributed by atoms with Gasteiger partial charge in [-0.2, -0.15) is 0 Å². The summed E-state index contributed by atoms with van der Waals surface area (Å²) in [7, 11) is 4.33. The van der Waals surface area contributed by atoms with Gasteiger partial charge in [0.25, 0.3) is 0 Å². The van der Waals surface area contributed by atoms with E-state index in [-0.39, 0.29) is 0 Å². The smallest absolute Gasteiger partial charge is 0.0970 e. The average molecular weight is 362 g/mol. The topological polar surface area (TPSA) is 28.2 Å². The molecule has 1 aromatic heterocycles. The Bertz CT molecular complexity index is 577. The SMILES string of the molecule is CC.CC1CCCNC1.CN(C)C1CC(c2nc3ccccc3s2)C1. The molecule has 1 saturated heterocycles. The highest BCUT2D eigenvalue weighted by Crippen LogP contribution is 2.41. The zero-order valence-electron chi connectivity index (χ0n) is 16.6. The largest absolute Gasteiger partial charge is 0.316 e. The molecule has 2 heterocycles. The van der Waals surface area contributed by atoms with E-state index in [1.54, 1.807) is 0 Å². The summed E-state index contributed by atoms with van der Waals surface area (Å²) in [4.78, 5) is 7.05. The summed E-state index contributed by atoms with van der Waals surface area (Å²) in [5.74, 6) is 1.62. The van der Waals surface area contributed by atoms with Gasteiger partial charge in [-0.3, -0.25) is 0 Å². The molecule has 4 rings (SSSR count). The first-order valence-electron chi connectivity index (χ1n) is 9.86. The maximum absolute atomic E-state index is 4.73. The van der Waals surface area contributed by atoms with Gasteiger partial charge in [0, 0.05) is 12.0 Å². The average Bonchev–Trinajstić information content (AvgIpc) is 2.99. The number of thiazole rings is 1. The first-order chi connectivity index (χ1) is 12.1. The zero-order chi connectivity index (χ0) is 18.2. The van der Waals surface area contributed by atoms with E-state index in [4.69, 9.17) is 4.98 Å². The van der Waals surface area contributed by atoms with Gasteiger partial charge in [-0.15, -0.1) is 11.3 Å². The number of fused-ring (bicyclic) bond motifs is 1. The number of hydrogen-bond acceptors (Lipinski definition) is 4. The maximum Gasteiger partial charge on any atom is 0.0970 e. The monoisotopic (exact) mass is 361 g/mol. The van der Waals surface area contributed by atoms with Crippen molar-refractivity contribution >= 4 is 21.6 Å². The summed E-state index contributed by atoms with van der Waals surface area (Å²) in [6, 6.07) is 9.19. The van der Waals surface area contributed by atoms with Crippen LogP contribution in [0.25, 0.3) is 10.2 Å². The Balaban J connectivity index is 0.000000211. The fraction of sp³-hybridized carbons (Fsp3) is 0.667. The summed E-state index contributed by atoms with van der Waals surface area (Å²) in [6.45, 7) is 8.77. The van der Waals surface area contributed by atoms with E-state index in [0.29, 0.717) is 5.92 Å². The number of hydrogen-bond donors (Lipinski definition) is 1. The minimum absolute atomic E-state index is 0.699. The van der Waals surface area contributed by atoms with Crippen LogP contribution in [-0.4, -0.2) is 43.1 Å². The second-order valence-electron chi connectivity index (χ2n) is 7.26. The van der Waals surface area contributed by atoms with Crippen molar-refractivity contribution in [2.24, 2.45) is 5.92 Å². The van der Waals surface area contributed by atoms with Crippen molar-refractivity contribution in [3.8, 4) is 0 Å². The van der Waals surface area contributed by atoms with E-state index in [1.165, 1.54) is 48.5 Å². The zero-order valence-corrected chi connectivity index (χ0v) is 17.4. The Morgan fingerprint density at radius 3 is 2.40 bits per heavy atom. The van der Waals surface area contributed by atoms with E-state index in [9.17, 15) is 0 Å². The van der Waals surface area contributed by atoms with Gasteiger partial charge in [0.15, 0.2) is 0 Å². The summed E-state index contributed by atoms with van der Waals surface area (Å²) in [5.41, 5.74) is 1.16. The van der Waals surface area contributed by atoms with Crippen LogP contribution < -0.4 is 5.32 Å². The third-order valence-electron chi connectivity index (χ3n) is 5.05. The van der Waals surface area contributed by atoms with Crippen molar-refractivity contribution in [3.05, 3.63) is 29.3 Å². The first-order valence-corrected chi connectivity index (χ1v) is 10.7. The molecule has 2 aliphatic rings. The molecule has 1 N–H and O–H groups in total. The lowest BCUT2D eigenvalue weighted by Crippen LogP contribution is -2.39. The van der Waals surface area contributed by atoms with Crippen molar-refractivity contribution in [1.29, 1.82) is 0 Å². The molecule has 1 aromatic carbocycles. The van der Waals surface area contributed by atoms with Crippen molar-refractivity contribution in [2.45, 2.75) is 58.4 Å². The van der Waals surface area contributed by atoms with E-state index >= 15 is 0 Å². The molecule has 2 aromatic rings. The third kappa shape index (κ3) is 5.77. The number of nitrogens with zero attached hydrogens (tertiary/aromatic N) is 2. The first kappa shape index (κ1) is 20.3. The molecular weight excluding hydrogens is 326 g/mol. The van der Waals surface area contributed by atoms with Gasteiger partial charge in [-0.25, -0.2) is 4.98 Å². The molecule has 1 saturated carbocycles. The number of para-hydroxylation sites is 1. The lowest BCUT2D eigenvalue weighted by molar-refractivity contribution is 0.166. The van der Waals surface area contributed by atoms with Crippen LogP contribution in [0.2, 0.25) is 0 Å². The van der Waals surface area contributed by atoms with Gasteiger partial charge in [0.1, 0.15) is 0 Å². The normalized spacial score (nSPS) is 25.4. The quantitative estimate of drug-likeness (QED) is 0.803. The van der Waals surface area contributed by atoms with Crippen LogP contribution in [-0.2, 0) is 0 Å². The highest BCUT2D eigenvalue weighted by molar-refractivity contribution is 7.18. The van der Waals surface area contributed by atoms with Crippen LogP contribution in [0.1, 0.15) is 57.4 Å². The fourth-order valence-electron chi connectivity index (χ4n) is 3.30. The van der Waals surface area contributed by atoms with Crippen molar-refractivity contribution in [3.63, 3.8) is 0 Å².